The molecule has 0 aliphatic rings. The highest BCUT2D eigenvalue weighted by Gasteiger charge is 2.44. The molecule has 0 fully saturated rings. The van der Waals surface area contributed by atoms with Crippen LogP contribution in [0.3, 0.4) is 0 Å². The number of hydrogen-bond donors (Lipinski definition) is 3. The fourth-order valence-corrected chi connectivity index (χ4v) is 1.83. The van der Waals surface area contributed by atoms with Crippen molar-refractivity contribution >= 4 is 16.9 Å². The first-order valence-electron chi connectivity index (χ1n) is 4.98. The molecule has 4 nitrogen and oxygen atoms in total. The van der Waals surface area contributed by atoms with Crippen molar-refractivity contribution in [3.05, 3.63) is 0 Å². The van der Waals surface area contributed by atoms with Crippen LogP contribution in [-0.2, 0) is 4.79 Å². The van der Waals surface area contributed by atoms with Crippen LogP contribution in [0, 0.1) is 5.41 Å². The van der Waals surface area contributed by atoms with Gasteiger partial charge in [-0.05, 0) is 27.2 Å². The molecule has 0 saturated heterocycles. The number of carbonyl (C=O) groups is 1. The van der Waals surface area contributed by atoms with E-state index in [9.17, 15) is 4.79 Å². The van der Waals surface area contributed by atoms with Crippen molar-refractivity contribution in [1.82, 2.24) is 10.9 Å². The van der Waals surface area contributed by atoms with Gasteiger partial charge in [0.15, 0.2) is 0 Å². The van der Waals surface area contributed by atoms with Crippen LogP contribution in [0.2, 0.25) is 0 Å². The van der Waals surface area contributed by atoms with Crippen molar-refractivity contribution in [3.63, 3.8) is 0 Å². The molecule has 1 unspecified atom stereocenters. The van der Waals surface area contributed by atoms with Crippen molar-refractivity contribution in [2.24, 2.45) is 11.1 Å². The van der Waals surface area contributed by atoms with Crippen molar-refractivity contribution < 1.29 is 4.79 Å². The van der Waals surface area contributed by atoms with Gasteiger partial charge in [-0.25, -0.2) is 0 Å². The molecule has 0 heterocycles. The molecule has 0 aromatic rings. The Morgan fingerprint density at radius 3 is 2.13 bits per heavy atom. The third-order valence-corrected chi connectivity index (χ3v) is 3.94. The largest absolute Gasteiger partial charge is 0.320 e. The number of carbonyl (C=O) groups excluding carboxylic acids is 1. The molecule has 0 spiro atoms. The Morgan fingerprint density at radius 2 is 1.80 bits per heavy atom. The molecule has 0 saturated carbocycles. The zero-order chi connectivity index (χ0) is 12.3. The molecule has 0 aliphatic carbocycles. The summed E-state index contributed by atoms with van der Waals surface area (Å²) in [7, 11) is 1.81. The van der Waals surface area contributed by atoms with E-state index in [0.717, 1.165) is 0 Å². The van der Waals surface area contributed by atoms with Crippen LogP contribution in [0.5, 0.6) is 0 Å². The molecule has 0 aromatic carbocycles. The standard InChI is InChI=1S/C10H23N3OS/c1-9(2,7(11)8(14)15-6)10(3,4)13-12-5/h7,12-13H,11H2,1-6H3. The summed E-state index contributed by atoms with van der Waals surface area (Å²) in [6.07, 6.45) is 1.76. The van der Waals surface area contributed by atoms with Gasteiger partial charge in [-0.15, -0.1) is 0 Å². The Morgan fingerprint density at radius 1 is 1.33 bits per heavy atom. The van der Waals surface area contributed by atoms with E-state index in [4.69, 9.17) is 5.73 Å². The minimum atomic E-state index is -0.483. The van der Waals surface area contributed by atoms with Crippen LogP contribution >= 0.6 is 11.8 Å². The number of thioether (sulfide) groups is 1. The third-order valence-electron chi connectivity index (χ3n) is 3.28. The average Bonchev–Trinajstić information content (AvgIpc) is 2.15. The Kier molecular flexibility index (Phi) is 5.26. The number of nitrogens with one attached hydrogen (secondary N) is 2. The van der Waals surface area contributed by atoms with E-state index in [1.807, 2.05) is 27.7 Å². The average molecular weight is 233 g/mol. The predicted octanol–water partition coefficient (Wildman–Crippen LogP) is 0.732. The molecule has 0 aromatic heterocycles. The summed E-state index contributed by atoms with van der Waals surface area (Å²) in [5.41, 5.74) is 11.4. The van der Waals surface area contributed by atoms with Gasteiger partial charge in [-0.3, -0.25) is 15.6 Å². The van der Waals surface area contributed by atoms with Crippen LogP contribution in [-0.4, -0.2) is 30.0 Å². The molecular formula is C10H23N3OS. The lowest BCUT2D eigenvalue weighted by Crippen LogP contribution is -2.63. The lowest BCUT2D eigenvalue weighted by molar-refractivity contribution is -0.115. The zero-order valence-corrected chi connectivity index (χ0v) is 11.3. The first-order valence-corrected chi connectivity index (χ1v) is 6.20. The van der Waals surface area contributed by atoms with Gasteiger partial charge < -0.3 is 5.73 Å². The van der Waals surface area contributed by atoms with Gasteiger partial charge in [0.2, 0.25) is 5.12 Å². The smallest absolute Gasteiger partial charge is 0.205 e. The molecule has 90 valence electrons. The topological polar surface area (TPSA) is 67.2 Å². The number of hydrogen-bond acceptors (Lipinski definition) is 5. The van der Waals surface area contributed by atoms with Crippen molar-refractivity contribution in [2.45, 2.75) is 39.3 Å². The maximum absolute atomic E-state index is 11.6. The number of hydrazine groups is 1. The molecule has 0 bridgehead atoms. The highest BCUT2D eigenvalue weighted by Crippen LogP contribution is 2.34. The first kappa shape index (κ1) is 14.9. The molecule has 0 radical (unpaired) electrons. The van der Waals surface area contributed by atoms with Gasteiger partial charge >= 0.3 is 0 Å². The van der Waals surface area contributed by atoms with Gasteiger partial charge in [0.1, 0.15) is 0 Å². The lowest BCUT2D eigenvalue weighted by atomic mass is 9.70. The van der Waals surface area contributed by atoms with Gasteiger partial charge in [-0.1, -0.05) is 25.6 Å². The summed E-state index contributed by atoms with van der Waals surface area (Å²) < 4.78 is 0. The first-order chi connectivity index (χ1) is 6.70. The van der Waals surface area contributed by atoms with Gasteiger partial charge in [0.25, 0.3) is 0 Å². The summed E-state index contributed by atoms with van der Waals surface area (Å²) >= 11 is 1.18. The Labute approximate surface area is 96.7 Å². The molecule has 5 heteroatoms. The monoisotopic (exact) mass is 233 g/mol. The minimum Gasteiger partial charge on any atom is -0.320 e. The molecule has 1 atom stereocenters. The van der Waals surface area contributed by atoms with Crippen LogP contribution in [0.1, 0.15) is 27.7 Å². The Bertz CT molecular complexity index is 229. The fraction of sp³-hybridized carbons (Fsp3) is 0.900. The minimum absolute atomic E-state index is 0.0194. The number of rotatable bonds is 5. The highest BCUT2D eigenvalue weighted by atomic mass is 32.2. The van der Waals surface area contributed by atoms with Gasteiger partial charge in [0, 0.05) is 11.0 Å². The lowest BCUT2D eigenvalue weighted by Gasteiger charge is -2.45. The second-order valence-electron chi connectivity index (χ2n) is 4.72. The fourth-order valence-electron chi connectivity index (χ4n) is 1.28. The maximum Gasteiger partial charge on any atom is 0.205 e. The molecule has 0 aliphatic heterocycles. The second kappa shape index (κ2) is 5.30. The SMILES string of the molecule is CNNC(C)(C)C(C)(C)C(N)C(=O)SC. The van der Waals surface area contributed by atoms with E-state index in [0.29, 0.717) is 0 Å². The van der Waals surface area contributed by atoms with Crippen LogP contribution in [0.15, 0.2) is 0 Å². The van der Waals surface area contributed by atoms with Crippen molar-refractivity contribution in [2.75, 3.05) is 13.3 Å². The zero-order valence-electron chi connectivity index (χ0n) is 10.5. The Hall–Kier alpha value is -0.100. The summed E-state index contributed by atoms with van der Waals surface area (Å²) in [4.78, 5) is 11.6. The summed E-state index contributed by atoms with van der Waals surface area (Å²) in [6.45, 7) is 8.04. The van der Waals surface area contributed by atoms with Crippen molar-refractivity contribution in [3.8, 4) is 0 Å². The Balaban J connectivity index is 4.86. The molecule has 4 N–H and O–H groups in total. The van der Waals surface area contributed by atoms with Crippen LogP contribution < -0.4 is 16.6 Å². The molecule has 0 amide bonds. The van der Waals surface area contributed by atoms with E-state index < -0.39 is 6.04 Å². The second-order valence-corrected chi connectivity index (χ2v) is 5.53. The number of nitrogens with two attached hydrogens (primary N) is 1. The molecular weight excluding hydrogens is 210 g/mol. The van der Waals surface area contributed by atoms with E-state index in [-0.39, 0.29) is 16.1 Å². The van der Waals surface area contributed by atoms with Gasteiger partial charge in [0.05, 0.1) is 6.04 Å². The summed E-state index contributed by atoms with van der Waals surface area (Å²) in [5, 5.41) is 0.0194. The van der Waals surface area contributed by atoms with Gasteiger partial charge in [-0.2, -0.15) is 0 Å². The maximum atomic E-state index is 11.6. The summed E-state index contributed by atoms with van der Waals surface area (Å²) in [5.74, 6) is 0. The summed E-state index contributed by atoms with van der Waals surface area (Å²) in [6, 6.07) is -0.483. The van der Waals surface area contributed by atoms with Crippen LogP contribution in [0.25, 0.3) is 0 Å². The van der Waals surface area contributed by atoms with Crippen LogP contribution in [0.4, 0.5) is 0 Å². The highest BCUT2D eigenvalue weighted by molar-refractivity contribution is 8.13. The van der Waals surface area contributed by atoms with E-state index >= 15 is 0 Å². The normalized spacial score (nSPS) is 15.1. The third kappa shape index (κ3) is 3.17. The molecule has 0 rings (SSSR count). The predicted molar refractivity (Wildman–Crippen MR) is 66.6 cm³/mol. The van der Waals surface area contributed by atoms with E-state index in [2.05, 4.69) is 10.9 Å². The van der Waals surface area contributed by atoms with E-state index in [1.54, 1.807) is 13.3 Å². The van der Waals surface area contributed by atoms with E-state index in [1.165, 1.54) is 11.8 Å². The molecule has 15 heavy (non-hydrogen) atoms. The quantitative estimate of drug-likeness (QED) is 0.611. The van der Waals surface area contributed by atoms with Crippen molar-refractivity contribution in [1.29, 1.82) is 0 Å².